The first kappa shape index (κ1) is 19.3. The second-order valence-electron chi connectivity index (χ2n) is 6.32. The zero-order chi connectivity index (χ0) is 18.1. The molecule has 0 aliphatic rings. The number of hydrogen-bond donors (Lipinski definition) is 2. The molecule has 0 aromatic heterocycles. The summed E-state index contributed by atoms with van der Waals surface area (Å²) in [6.45, 7) is 1.92. The molecule has 0 heterocycles. The fourth-order valence-electron chi connectivity index (χ4n) is 2.41. The number of rotatable bonds is 10. The Kier molecular flexibility index (Phi) is 7.28. The van der Waals surface area contributed by atoms with Crippen LogP contribution >= 0.6 is 0 Å². The van der Waals surface area contributed by atoms with Crippen LogP contribution in [0, 0.1) is 0 Å². The number of benzene rings is 2. The molecule has 2 N–H and O–H groups in total. The Morgan fingerprint density at radius 2 is 1.56 bits per heavy atom. The topological polar surface area (TPSA) is 61.4 Å². The van der Waals surface area contributed by atoms with Crippen LogP contribution in [0.15, 0.2) is 54.6 Å². The molecule has 0 fully saturated rings. The van der Waals surface area contributed by atoms with Gasteiger partial charge in [0.05, 0.1) is 5.75 Å². The minimum Gasteiger partial charge on any atom is -0.385 e. The summed E-state index contributed by atoms with van der Waals surface area (Å²) < 4.78 is 27.0. The van der Waals surface area contributed by atoms with E-state index < -0.39 is 10.0 Å². The third-order valence-electron chi connectivity index (χ3n) is 3.77. The Bertz CT molecular complexity index is 729. The van der Waals surface area contributed by atoms with E-state index in [4.69, 9.17) is 0 Å². The van der Waals surface area contributed by atoms with Gasteiger partial charge in [0, 0.05) is 17.9 Å². The summed E-state index contributed by atoms with van der Waals surface area (Å²) in [6, 6.07) is 17.0. The van der Waals surface area contributed by atoms with Crippen molar-refractivity contribution < 1.29 is 8.42 Å². The smallest absolute Gasteiger partial charge is 0.233 e. The molecule has 0 aliphatic carbocycles. The molecule has 2 aromatic rings. The van der Waals surface area contributed by atoms with Gasteiger partial charge in [-0.05, 0) is 63.3 Å². The summed E-state index contributed by atoms with van der Waals surface area (Å²) in [5, 5.41) is 3.33. The third-order valence-corrected chi connectivity index (χ3v) is 5.06. The molecule has 0 unspecified atom stereocenters. The van der Waals surface area contributed by atoms with Gasteiger partial charge in [-0.3, -0.25) is 4.72 Å². The van der Waals surface area contributed by atoms with Crippen molar-refractivity contribution in [3.63, 3.8) is 0 Å². The number of aryl methyl sites for hydroxylation is 1. The van der Waals surface area contributed by atoms with Gasteiger partial charge in [-0.15, -0.1) is 0 Å². The molecule has 0 amide bonds. The zero-order valence-corrected chi connectivity index (χ0v) is 15.7. The van der Waals surface area contributed by atoms with E-state index in [1.54, 1.807) is 12.1 Å². The predicted molar refractivity (Wildman–Crippen MR) is 106 cm³/mol. The molecule has 5 nitrogen and oxygen atoms in total. The Morgan fingerprint density at radius 3 is 2.20 bits per heavy atom. The zero-order valence-electron chi connectivity index (χ0n) is 14.9. The van der Waals surface area contributed by atoms with Crippen molar-refractivity contribution in [2.24, 2.45) is 0 Å². The standard InChI is InChI=1S/C19H27N3O2S/c1-22(2)15-6-14-20-18-9-11-19(12-10-18)21-25(23,24)16-13-17-7-4-3-5-8-17/h3-5,7-12,20-21H,6,13-16H2,1-2H3. The number of nitrogens with zero attached hydrogens (tertiary/aromatic N) is 1. The molecule has 0 bridgehead atoms. The highest BCUT2D eigenvalue weighted by atomic mass is 32.2. The lowest BCUT2D eigenvalue weighted by molar-refractivity contribution is 0.405. The van der Waals surface area contributed by atoms with E-state index >= 15 is 0 Å². The molecule has 2 aromatic carbocycles. The normalized spacial score (nSPS) is 11.5. The van der Waals surface area contributed by atoms with E-state index in [0.717, 1.165) is 30.8 Å². The van der Waals surface area contributed by atoms with Gasteiger partial charge in [0.15, 0.2) is 0 Å². The molecule has 0 aliphatic heterocycles. The van der Waals surface area contributed by atoms with E-state index in [1.165, 1.54) is 0 Å². The number of anilines is 2. The SMILES string of the molecule is CN(C)CCCNc1ccc(NS(=O)(=O)CCc2ccccc2)cc1. The molecule has 25 heavy (non-hydrogen) atoms. The summed E-state index contributed by atoms with van der Waals surface area (Å²) in [4.78, 5) is 2.15. The maximum atomic E-state index is 12.2. The summed E-state index contributed by atoms with van der Waals surface area (Å²) in [6.07, 6.45) is 1.56. The van der Waals surface area contributed by atoms with Gasteiger partial charge in [0.1, 0.15) is 0 Å². The lowest BCUT2D eigenvalue weighted by atomic mass is 10.2. The third kappa shape index (κ3) is 7.58. The van der Waals surface area contributed by atoms with Gasteiger partial charge in [0.25, 0.3) is 0 Å². The van der Waals surface area contributed by atoms with Crippen LogP contribution in [0.2, 0.25) is 0 Å². The van der Waals surface area contributed by atoms with E-state index in [9.17, 15) is 8.42 Å². The lowest BCUT2D eigenvalue weighted by Gasteiger charge is -2.12. The molecule has 0 saturated heterocycles. The highest BCUT2D eigenvalue weighted by molar-refractivity contribution is 7.92. The Labute approximate surface area is 151 Å². The first-order valence-electron chi connectivity index (χ1n) is 8.48. The number of sulfonamides is 1. The fraction of sp³-hybridized carbons (Fsp3) is 0.368. The Balaban J connectivity index is 1.81. The van der Waals surface area contributed by atoms with Crippen LogP contribution in [0.1, 0.15) is 12.0 Å². The average molecular weight is 362 g/mol. The van der Waals surface area contributed by atoms with Crippen LogP contribution in [-0.4, -0.2) is 46.3 Å². The first-order chi connectivity index (χ1) is 11.9. The van der Waals surface area contributed by atoms with Crippen LogP contribution < -0.4 is 10.0 Å². The second kappa shape index (κ2) is 9.44. The van der Waals surface area contributed by atoms with Gasteiger partial charge < -0.3 is 10.2 Å². The van der Waals surface area contributed by atoms with E-state index in [2.05, 4.69) is 29.0 Å². The molecule has 0 saturated carbocycles. The van der Waals surface area contributed by atoms with Gasteiger partial charge in [0.2, 0.25) is 10.0 Å². The molecule has 0 atom stereocenters. The van der Waals surface area contributed by atoms with Gasteiger partial charge in [-0.1, -0.05) is 30.3 Å². The van der Waals surface area contributed by atoms with Crippen molar-refractivity contribution in [2.45, 2.75) is 12.8 Å². The van der Waals surface area contributed by atoms with E-state index in [-0.39, 0.29) is 5.75 Å². The number of hydrogen-bond acceptors (Lipinski definition) is 4. The van der Waals surface area contributed by atoms with Crippen LogP contribution in [-0.2, 0) is 16.4 Å². The molecule has 2 rings (SSSR count). The summed E-state index contributed by atoms with van der Waals surface area (Å²) in [5.74, 6) is 0.0710. The van der Waals surface area contributed by atoms with Crippen molar-refractivity contribution in [3.05, 3.63) is 60.2 Å². The summed E-state index contributed by atoms with van der Waals surface area (Å²) in [5.41, 5.74) is 2.60. The highest BCUT2D eigenvalue weighted by Gasteiger charge is 2.10. The Morgan fingerprint density at radius 1 is 0.920 bits per heavy atom. The van der Waals surface area contributed by atoms with Gasteiger partial charge >= 0.3 is 0 Å². The molecule has 6 heteroatoms. The summed E-state index contributed by atoms with van der Waals surface area (Å²) >= 11 is 0. The van der Waals surface area contributed by atoms with Crippen molar-refractivity contribution >= 4 is 21.4 Å². The minimum atomic E-state index is -3.35. The molecule has 0 radical (unpaired) electrons. The van der Waals surface area contributed by atoms with Crippen molar-refractivity contribution in [3.8, 4) is 0 Å². The van der Waals surface area contributed by atoms with E-state index in [1.807, 2.05) is 42.5 Å². The number of nitrogens with one attached hydrogen (secondary N) is 2. The van der Waals surface area contributed by atoms with Crippen molar-refractivity contribution in [2.75, 3.05) is 43.0 Å². The highest BCUT2D eigenvalue weighted by Crippen LogP contribution is 2.15. The fourth-order valence-corrected chi connectivity index (χ4v) is 3.51. The van der Waals surface area contributed by atoms with Crippen LogP contribution in [0.25, 0.3) is 0 Å². The van der Waals surface area contributed by atoms with Crippen LogP contribution in [0.3, 0.4) is 0 Å². The van der Waals surface area contributed by atoms with Crippen molar-refractivity contribution in [1.29, 1.82) is 0 Å². The molecular formula is C19H27N3O2S. The van der Waals surface area contributed by atoms with Crippen LogP contribution in [0.5, 0.6) is 0 Å². The maximum Gasteiger partial charge on any atom is 0.233 e. The van der Waals surface area contributed by atoms with Gasteiger partial charge in [-0.2, -0.15) is 0 Å². The second-order valence-corrected chi connectivity index (χ2v) is 8.16. The average Bonchev–Trinajstić information content (AvgIpc) is 2.59. The molecule has 0 spiro atoms. The van der Waals surface area contributed by atoms with Crippen molar-refractivity contribution in [1.82, 2.24) is 4.90 Å². The largest absolute Gasteiger partial charge is 0.385 e. The molecule has 136 valence electrons. The van der Waals surface area contributed by atoms with E-state index in [0.29, 0.717) is 12.1 Å². The maximum absolute atomic E-state index is 12.2. The monoisotopic (exact) mass is 361 g/mol. The molecular weight excluding hydrogens is 334 g/mol. The first-order valence-corrected chi connectivity index (χ1v) is 10.1. The quantitative estimate of drug-likeness (QED) is 0.639. The van der Waals surface area contributed by atoms with Crippen LogP contribution in [0.4, 0.5) is 11.4 Å². The summed E-state index contributed by atoms with van der Waals surface area (Å²) in [7, 11) is 0.756. The predicted octanol–water partition coefficient (Wildman–Crippen LogP) is 3.03. The van der Waals surface area contributed by atoms with Gasteiger partial charge in [-0.25, -0.2) is 8.42 Å². The lowest BCUT2D eigenvalue weighted by Crippen LogP contribution is -2.18. The minimum absolute atomic E-state index is 0.0710. The Hall–Kier alpha value is -2.05.